The van der Waals surface area contributed by atoms with Crippen LogP contribution in [-0.2, 0) is 5.41 Å². The number of benzene rings is 3. The van der Waals surface area contributed by atoms with Crippen molar-refractivity contribution in [3.8, 4) is 11.1 Å². The second-order valence-electron chi connectivity index (χ2n) is 10.2. The highest BCUT2D eigenvalue weighted by atomic mass is 14.9. The zero-order valence-electron chi connectivity index (χ0n) is 17.6. The van der Waals surface area contributed by atoms with Crippen molar-refractivity contribution < 1.29 is 0 Å². The van der Waals surface area contributed by atoms with Gasteiger partial charge in [0.2, 0.25) is 0 Å². The maximum Gasteiger partial charge on any atom is 0.0467 e. The Hall–Kier alpha value is -2.54. The van der Waals surface area contributed by atoms with Gasteiger partial charge in [0.05, 0.1) is 0 Å². The molecule has 2 saturated carbocycles. The van der Waals surface area contributed by atoms with Crippen molar-refractivity contribution in [2.45, 2.75) is 45.4 Å². The van der Waals surface area contributed by atoms with E-state index in [2.05, 4.69) is 98.9 Å². The molecule has 1 spiro atoms. The van der Waals surface area contributed by atoms with E-state index in [0.29, 0.717) is 5.41 Å². The first-order valence-electron chi connectivity index (χ1n) is 11.0. The van der Waals surface area contributed by atoms with Crippen LogP contribution >= 0.6 is 0 Å². The van der Waals surface area contributed by atoms with Crippen molar-refractivity contribution in [2.24, 2.45) is 16.7 Å². The van der Waals surface area contributed by atoms with Gasteiger partial charge in [0.25, 0.3) is 0 Å². The molecule has 29 heavy (non-hydrogen) atoms. The Morgan fingerprint density at radius 2 is 1.52 bits per heavy atom. The molecule has 3 aromatic rings. The van der Waals surface area contributed by atoms with Crippen LogP contribution in [0, 0.1) is 16.7 Å². The fourth-order valence-electron chi connectivity index (χ4n) is 7.32. The van der Waals surface area contributed by atoms with Gasteiger partial charge in [-0.1, -0.05) is 75.4 Å². The molecule has 1 nitrogen and oxygen atoms in total. The summed E-state index contributed by atoms with van der Waals surface area (Å²) in [5.41, 5.74) is 9.16. The molecule has 6 rings (SSSR count). The number of nitrogens with one attached hydrogen (secondary N) is 1. The minimum absolute atomic E-state index is 0.139. The SMILES string of the molecule is CC1(C)C2CCC1(C)C1(C2)c2ccccc2-c2c(Nc3ccccc3)cccc21. The third-order valence-corrected chi connectivity index (χ3v) is 9.16. The van der Waals surface area contributed by atoms with E-state index in [0.717, 1.165) is 11.6 Å². The minimum atomic E-state index is 0.139. The molecule has 3 aliphatic rings. The molecule has 3 atom stereocenters. The quantitative estimate of drug-likeness (QED) is 0.485. The molecular weight excluding hydrogens is 350 g/mol. The van der Waals surface area contributed by atoms with Crippen LogP contribution in [0.2, 0.25) is 0 Å². The van der Waals surface area contributed by atoms with Gasteiger partial charge in [-0.3, -0.25) is 0 Å². The Balaban J connectivity index is 1.62. The number of fused-ring (bicyclic) bond motifs is 8. The molecule has 0 saturated heterocycles. The number of hydrogen-bond acceptors (Lipinski definition) is 1. The van der Waals surface area contributed by atoms with Gasteiger partial charge in [0.1, 0.15) is 0 Å². The summed E-state index contributed by atoms with van der Waals surface area (Å²) < 4.78 is 0. The average molecular weight is 380 g/mol. The van der Waals surface area contributed by atoms with Crippen molar-refractivity contribution in [3.63, 3.8) is 0 Å². The summed E-state index contributed by atoms with van der Waals surface area (Å²) in [6, 6.07) is 26.7. The van der Waals surface area contributed by atoms with Crippen LogP contribution in [-0.4, -0.2) is 0 Å². The van der Waals surface area contributed by atoms with Gasteiger partial charge in [-0.15, -0.1) is 0 Å². The van der Waals surface area contributed by atoms with Gasteiger partial charge in [0, 0.05) is 22.4 Å². The Bertz CT molecular complexity index is 1110. The lowest BCUT2D eigenvalue weighted by Gasteiger charge is -2.48. The van der Waals surface area contributed by atoms with E-state index >= 15 is 0 Å². The van der Waals surface area contributed by atoms with Gasteiger partial charge < -0.3 is 5.32 Å². The molecule has 0 amide bonds. The maximum absolute atomic E-state index is 3.73. The first-order valence-corrected chi connectivity index (χ1v) is 11.0. The lowest BCUT2D eigenvalue weighted by molar-refractivity contribution is 0.0990. The lowest BCUT2D eigenvalue weighted by atomic mass is 9.55. The topological polar surface area (TPSA) is 12.0 Å². The van der Waals surface area contributed by atoms with Crippen molar-refractivity contribution in [2.75, 3.05) is 5.32 Å². The van der Waals surface area contributed by atoms with Crippen LogP contribution in [0.15, 0.2) is 72.8 Å². The summed E-state index contributed by atoms with van der Waals surface area (Å²) >= 11 is 0. The van der Waals surface area contributed by atoms with E-state index in [1.54, 1.807) is 11.1 Å². The number of hydrogen-bond donors (Lipinski definition) is 1. The second kappa shape index (κ2) is 5.53. The Kier molecular flexibility index (Phi) is 3.31. The number of anilines is 2. The summed E-state index contributed by atoms with van der Waals surface area (Å²) in [5.74, 6) is 0.803. The highest BCUT2D eigenvalue weighted by molar-refractivity contribution is 5.92. The van der Waals surface area contributed by atoms with Crippen LogP contribution < -0.4 is 5.32 Å². The Morgan fingerprint density at radius 1 is 0.793 bits per heavy atom. The standard InChI is InChI=1S/C28H29N/c1-26(2)19-16-17-27(26,3)28(18-19)22-13-8-7-12-21(22)25-23(28)14-9-15-24(25)29-20-10-5-4-6-11-20/h4-15,19,29H,16-18H2,1-3H3. The van der Waals surface area contributed by atoms with Gasteiger partial charge in [-0.25, -0.2) is 0 Å². The van der Waals surface area contributed by atoms with Gasteiger partial charge in [-0.05, 0) is 70.9 Å². The fraction of sp³-hybridized carbons (Fsp3) is 0.357. The third-order valence-electron chi connectivity index (χ3n) is 9.16. The summed E-state index contributed by atoms with van der Waals surface area (Å²) in [7, 11) is 0. The van der Waals surface area contributed by atoms with Crippen LogP contribution in [0.1, 0.15) is 51.2 Å². The molecule has 3 aliphatic carbocycles. The van der Waals surface area contributed by atoms with Crippen LogP contribution in [0.25, 0.3) is 11.1 Å². The Labute approximate surface area is 174 Å². The largest absolute Gasteiger partial charge is 0.355 e. The molecule has 3 aromatic carbocycles. The van der Waals surface area contributed by atoms with Crippen LogP contribution in [0.5, 0.6) is 0 Å². The predicted octanol–water partition coefficient (Wildman–Crippen LogP) is 7.54. The number of rotatable bonds is 2. The van der Waals surface area contributed by atoms with Gasteiger partial charge in [-0.2, -0.15) is 0 Å². The highest BCUT2D eigenvalue weighted by Crippen LogP contribution is 2.78. The molecular formula is C28H29N. The Morgan fingerprint density at radius 3 is 2.24 bits per heavy atom. The maximum atomic E-state index is 3.73. The van der Waals surface area contributed by atoms with Crippen molar-refractivity contribution in [3.05, 3.63) is 83.9 Å². The van der Waals surface area contributed by atoms with E-state index in [-0.39, 0.29) is 10.8 Å². The molecule has 146 valence electrons. The first-order chi connectivity index (χ1) is 14.0. The molecule has 3 unspecified atom stereocenters. The summed E-state index contributed by atoms with van der Waals surface area (Å²) in [4.78, 5) is 0. The molecule has 0 aromatic heterocycles. The molecule has 0 aliphatic heterocycles. The van der Waals surface area contributed by atoms with E-state index in [1.165, 1.54) is 36.1 Å². The van der Waals surface area contributed by atoms with Crippen LogP contribution in [0.4, 0.5) is 11.4 Å². The van der Waals surface area contributed by atoms with E-state index in [1.807, 2.05) is 0 Å². The average Bonchev–Trinajstić information content (AvgIpc) is 3.21. The number of para-hydroxylation sites is 1. The zero-order chi connectivity index (χ0) is 19.9. The first kappa shape index (κ1) is 17.3. The predicted molar refractivity (Wildman–Crippen MR) is 122 cm³/mol. The van der Waals surface area contributed by atoms with Crippen molar-refractivity contribution in [1.29, 1.82) is 0 Å². The van der Waals surface area contributed by atoms with Gasteiger partial charge >= 0.3 is 0 Å². The highest BCUT2D eigenvalue weighted by Gasteiger charge is 2.71. The monoisotopic (exact) mass is 379 g/mol. The fourth-order valence-corrected chi connectivity index (χ4v) is 7.32. The normalized spacial score (nSPS) is 30.4. The molecule has 1 heteroatoms. The van der Waals surface area contributed by atoms with E-state index in [9.17, 15) is 0 Å². The van der Waals surface area contributed by atoms with Crippen LogP contribution in [0.3, 0.4) is 0 Å². The molecule has 1 N–H and O–H groups in total. The molecule has 2 bridgehead atoms. The van der Waals surface area contributed by atoms with Crippen molar-refractivity contribution in [1.82, 2.24) is 0 Å². The van der Waals surface area contributed by atoms with E-state index in [4.69, 9.17) is 0 Å². The molecule has 0 radical (unpaired) electrons. The van der Waals surface area contributed by atoms with Gasteiger partial charge in [0.15, 0.2) is 0 Å². The minimum Gasteiger partial charge on any atom is -0.355 e. The zero-order valence-corrected chi connectivity index (χ0v) is 17.6. The van der Waals surface area contributed by atoms with E-state index < -0.39 is 0 Å². The molecule has 0 heterocycles. The second-order valence-corrected chi connectivity index (χ2v) is 10.2. The smallest absolute Gasteiger partial charge is 0.0467 e. The lowest BCUT2D eigenvalue weighted by Crippen LogP contribution is -2.44. The summed E-state index contributed by atoms with van der Waals surface area (Å²) in [6.45, 7) is 7.65. The summed E-state index contributed by atoms with van der Waals surface area (Å²) in [5, 5.41) is 3.73. The third kappa shape index (κ3) is 1.92. The molecule has 2 fully saturated rings. The van der Waals surface area contributed by atoms with Crippen molar-refractivity contribution >= 4 is 11.4 Å². The summed E-state index contributed by atoms with van der Waals surface area (Å²) in [6.07, 6.45) is 3.99.